The average Bonchev–Trinajstić information content (AvgIpc) is 3.00. The molecule has 1 atom stereocenters. The molecule has 0 aliphatic heterocycles. The summed E-state index contributed by atoms with van der Waals surface area (Å²) in [5.74, 6) is 0.680. The van der Waals surface area contributed by atoms with Crippen LogP contribution in [0.25, 0.3) is 11.3 Å². The molecule has 0 aliphatic rings. The van der Waals surface area contributed by atoms with Crippen LogP contribution < -0.4 is 5.32 Å². The fourth-order valence-electron chi connectivity index (χ4n) is 2.59. The van der Waals surface area contributed by atoms with Crippen molar-refractivity contribution >= 4 is 6.09 Å². The topological polar surface area (TPSA) is 78.0 Å². The Morgan fingerprint density at radius 3 is 2.65 bits per heavy atom. The summed E-state index contributed by atoms with van der Waals surface area (Å²) in [4.78, 5) is 18.7. The number of H-pyrrole nitrogens is 1. The maximum atomic E-state index is 11.0. The largest absolute Gasteiger partial charge is 0.465 e. The number of hydrogen-bond acceptors (Lipinski definition) is 2. The number of benzene rings is 1. The van der Waals surface area contributed by atoms with Crippen molar-refractivity contribution in [3.8, 4) is 11.3 Å². The van der Waals surface area contributed by atoms with Gasteiger partial charge >= 0.3 is 6.09 Å². The Balaban J connectivity index is 2.09. The first-order chi connectivity index (χ1) is 11.1. The molecular weight excluding hydrogens is 290 g/mol. The van der Waals surface area contributed by atoms with Gasteiger partial charge in [0, 0.05) is 11.8 Å². The first-order valence-corrected chi connectivity index (χ1v) is 8.22. The Kier molecular flexibility index (Phi) is 6.20. The quantitative estimate of drug-likeness (QED) is 0.620. The summed E-state index contributed by atoms with van der Waals surface area (Å²) >= 11 is 0. The lowest BCUT2D eigenvalue weighted by Gasteiger charge is -2.14. The van der Waals surface area contributed by atoms with Gasteiger partial charge in [0.15, 0.2) is 0 Å². The summed E-state index contributed by atoms with van der Waals surface area (Å²) < 4.78 is 0. The van der Waals surface area contributed by atoms with E-state index < -0.39 is 6.09 Å². The number of carboxylic acid groups (broad SMARTS) is 1. The summed E-state index contributed by atoms with van der Waals surface area (Å²) in [6.07, 6.45) is 6.01. The van der Waals surface area contributed by atoms with Gasteiger partial charge in [-0.3, -0.25) is 0 Å². The monoisotopic (exact) mass is 315 g/mol. The zero-order chi connectivity index (χ0) is 16.7. The van der Waals surface area contributed by atoms with E-state index in [2.05, 4.69) is 22.2 Å². The molecule has 1 heterocycles. The SMILES string of the molecule is CCCCCCC(NC(=O)O)c1nc(-c2ccc(C)cc2)c[nH]1. The molecule has 2 aromatic rings. The second kappa shape index (κ2) is 8.36. The summed E-state index contributed by atoms with van der Waals surface area (Å²) in [7, 11) is 0. The van der Waals surface area contributed by atoms with Crippen LogP contribution in [-0.4, -0.2) is 21.2 Å². The third-order valence-corrected chi connectivity index (χ3v) is 3.92. The van der Waals surface area contributed by atoms with Crippen molar-refractivity contribution in [1.29, 1.82) is 0 Å². The van der Waals surface area contributed by atoms with Gasteiger partial charge in [-0.1, -0.05) is 62.4 Å². The van der Waals surface area contributed by atoms with Crippen molar-refractivity contribution in [2.45, 2.75) is 52.0 Å². The molecule has 0 bridgehead atoms. The van der Waals surface area contributed by atoms with Crippen molar-refractivity contribution in [2.75, 3.05) is 0 Å². The highest BCUT2D eigenvalue weighted by Gasteiger charge is 2.17. The molecule has 0 saturated carbocycles. The lowest BCUT2D eigenvalue weighted by molar-refractivity contribution is 0.188. The molecule has 2 rings (SSSR count). The van der Waals surface area contributed by atoms with E-state index in [1.54, 1.807) is 0 Å². The Labute approximate surface area is 137 Å². The molecule has 1 unspecified atom stereocenters. The van der Waals surface area contributed by atoms with E-state index >= 15 is 0 Å². The van der Waals surface area contributed by atoms with Crippen molar-refractivity contribution in [1.82, 2.24) is 15.3 Å². The maximum absolute atomic E-state index is 11.0. The van der Waals surface area contributed by atoms with E-state index in [0.29, 0.717) is 5.82 Å². The van der Waals surface area contributed by atoms with Crippen LogP contribution in [0.4, 0.5) is 4.79 Å². The molecule has 5 nitrogen and oxygen atoms in total. The number of aromatic amines is 1. The van der Waals surface area contributed by atoms with Crippen LogP contribution in [0.2, 0.25) is 0 Å². The second-order valence-electron chi connectivity index (χ2n) is 5.89. The molecule has 0 fully saturated rings. The highest BCUT2D eigenvalue weighted by Crippen LogP contribution is 2.22. The lowest BCUT2D eigenvalue weighted by Crippen LogP contribution is -2.27. The summed E-state index contributed by atoms with van der Waals surface area (Å²) in [6.45, 7) is 4.20. The fraction of sp³-hybridized carbons (Fsp3) is 0.444. The van der Waals surface area contributed by atoms with Crippen LogP contribution in [0.5, 0.6) is 0 Å². The van der Waals surface area contributed by atoms with Crippen molar-refractivity contribution in [3.05, 3.63) is 41.9 Å². The minimum Gasteiger partial charge on any atom is -0.465 e. The highest BCUT2D eigenvalue weighted by atomic mass is 16.4. The zero-order valence-corrected chi connectivity index (χ0v) is 13.8. The van der Waals surface area contributed by atoms with Crippen LogP contribution in [0.3, 0.4) is 0 Å². The minimum absolute atomic E-state index is 0.288. The third-order valence-electron chi connectivity index (χ3n) is 3.92. The Bertz CT molecular complexity index is 619. The highest BCUT2D eigenvalue weighted by molar-refractivity contribution is 5.65. The van der Waals surface area contributed by atoms with E-state index in [9.17, 15) is 4.79 Å². The molecule has 23 heavy (non-hydrogen) atoms. The normalized spacial score (nSPS) is 12.1. The van der Waals surface area contributed by atoms with Gasteiger partial charge in [-0.05, 0) is 13.3 Å². The zero-order valence-electron chi connectivity index (χ0n) is 13.8. The number of amides is 1. The van der Waals surface area contributed by atoms with E-state index in [1.807, 2.05) is 37.4 Å². The number of imidazole rings is 1. The molecule has 0 aliphatic carbocycles. The molecule has 3 N–H and O–H groups in total. The summed E-state index contributed by atoms with van der Waals surface area (Å²) in [5, 5.41) is 11.6. The van der Waals surface area contributed by atoms with Crippen molar-refractivity contribution in [2.24, 2.45) is 0 Å². The Morgan fingerprint density at radius 2 is 2.00 bits per heavy atom. The molecule has 0 radical (unpaired) electrons. The fourth-order valence-corrected chi connectivity index (χ4v) is 2.59. The van der Waals surface area contributed by atoms with E-state index in [1.165, 1.54) is 12.0 Å². The first-order valence-electron chi connectivity index (χ1n) is 8.22. The van der Waals surface area contributed by atoms with Gasteiger partial charge in [0.1, 0.15) is 5.82 Å². The predicted molar refractivity (Wildman–Crippen MR) is 91.4 cm³/mol. The van der Waals surface area contributed by atoms with Crippen LogP contribution in [-0.2, 0) is 0 Å². The number of nitrogens with zero attached hydrogens (tertiary/aromatic N) is 1. The Hall–Kier alpha value is -2.30. The number of hydrogen-bond donors (Lipinski definition) is 3. The molecular formula is C18H25N3O2. The van der Waals surface area contributed by atoms with Gasteiger partial charge in [0.25, 0.3) is 0 Å². The standard InChI is InChI=1S/C18H25N3O2/c1-3-4-5-6-7-15(21-18(22)23)17-19-12-16(20-17)14-10-8-13(2)9-11-14/h8-12,15,21H,3-7H2,1-2H3,(H,19,20)(H,22,23). The van der Waals surface area contributed by atoms with Crippen LogP contribution in [0.1, 0.15) is 56.5 Å². The molecule has 5 heteroatoms. The van der Waals surface area contributed by atoms with E-state index in [0.717, 1.165) is 36.9 Å². The number of rotatable bonds is 8. The van der Waals surface area contributed by atoms with Crippen LogP contribution in [0, 0.1) is 6.92 Å². The average molecular weight is 315 g/mol. The number of nitrogens with one attached hydrogen (secondary N) is 2. The van der Waals surface area contributed by atoms with Gasteiger partial charge in [0.05, 0.1) is 11.7 Å². The smallest absolute Gasteiger partial charge is 0.405 e. The van der Waals surface area contributed by atoms with Gasteiger partial charge in [-0.25, -0.2) is 9.78 Å². The van der Waals surface area contributed by atoms with Gasteiger partial charge in [-0.2, -0.15) is 0 Å². The molecule has 1 aromatic carbocycles. The Morgan fingerprint density at radius 1 is 1.26 bits per heavy atom. The minimum atomic E-state index is -1.02. The van der Waals surface area contributed by atoms with E-state index in [4.69, 9.17) is 5.11 Å². The predicted octanol–water partition coefficient (Wildman–Crippen LogP) is 4.66. The second-order valence-corrected chi connectivity index (χ2v) is 5.89. The number of aromatic nitrogens is 2. The molecule has 1 amide bonds. The lowest BCUT2D eigenvalue weighted by atomic mass is 10.1. The molecule has 0 spiro atoms. The van der Waals surface area contributed by atoms with Crippen LogP contribution >= 0.6 is 0 Å². The number of aryl methyl sites for hydroxylation is 1. The van der Waals surface area contributed by atoms with Crippen molar-refractivity contribution < 1.29 is 9.90 Å². The summed E-state index contributed by atoms with van der Waals surface area (Å²) in [5.41, 5.74) is 3.06. The first kappa shape index (κ1) is 17.1. The van der Waals surface area contributed by atoms with Gasteiger partial charge in [0.2, 0.25) is 0 Å². The van der Waals surface area contributed by atoms with Crippen molar-refractivity contribution in [3.63, 3.8) is 0 Å². The summed E-state index contributed by atoms with van der Waals surface area (Å²) in [6, 6.07) is 7.85. The maximum Gasteiger partial charge on any atom is 0.405 e. The van der Waals surface area contributed by atoms with Gasteiger partial charge in [-0.15, -0.1) is 0 Å². The number of unbranched alkanes of at least 4 members (excludes halogenated alkanes) is 3. The molecule has 0 saturated heterocycles. The van der Waals surface area contributed by atoms with E-state index in [-0.39, 0.29) is 6.04 Å². The number of carbonyl (C=O) groups is 1. The third kappa shape index (κ3) is 5.13. The van der Waals surface area contributed by atoms with Crippen LogP contribution in [0.15, 0.2) is 30.5 Å². The molecule has 124 valence electrons. The van der Waals surface area contributed by atoms with Gasteiger partial charge < -0.3 is 15.4 Å². The molecule has 1 aromatic heterocycles.